The second-order valence-corrected chi connectivity index (χ2v) is 18.8. The van der Waals surface area contributed by atoms with Gasteiger partial charge in [0.2, 0.25) is 0 Å². The van der Waals surface area contributed by atoms with E-state index in [2.05, 4.69) is 83.3 Å². The molecule has 0 N–H and O–H groups in total. The average molecular weight is 356 g/mol. The summed E-state index contributed by atoms with van der Waals surface area (Å²) >= 11 is 7.33. The third-order valence-corrected chi connectivity index (χ3v) is 12.7. The molecule has 4 heteroatoms. The second kappa shape index (κ2) is 5.28. The minimum atomic E-state index is -1.16. The first kappa shape index (κ1) is 14.9. The van der Waals surface area contributed by atoms with Gasteiger partial charge in [-0.25, -0.2) is 0 Å². The molecular weight excluding hydrogens is 336 g/mol. The van der Waals surface area contributed by atoms with Crippen molar-refractivity contribution < 1.29 is 0 Å². The first-order chi connectivity index (χ1) is 6.05. The lowest BCUT2D eigenvalue weighted by Crippen LogP contribution is -2.21. The minimum absolute atomic E-state index is 1.16. The Bertz CT molecular complexity index is 226. The van der Waals surface area contributed by atoms with Crippen molar-refractivity contribution in [2.45, 2.75) is 39.3 Å². The lowest BCUT2D eigenvalue weighted by molar-refractivity contribution is 1.72. The summed E-state index contributed by atoms with van der Waals surface area (Å²) in [6, 6.07) is 0. The second-order valence-electron chi connectivity index (χ2n) is 5.53. The Kier molecular flexibility index (Phi) is 5.61. The zero-order valence-corrected chi connectivity index (χ0v) is 15.1. The van der Waals surface area contributed by atoms with Gasteiger partial charge in [-0.05, 0) is 8.21 Å². The van der Waals surface area contributed by atoms with Crippen LogP contribution in [0.5, 0.6) is 0 Å². The van der Waals surface area contributed by atoms with Gasteiger partial charge in [-0.3, -0.25) is 0 Å². The molecule has 0 heterocycles. The van der Waals surface area contributed by atoms with Gasteiger partial charge in [-0.2, -0.15) is 0 Å². The highest BCUT2D eigenvalue weighted by molar-refractivity contribution is 9.12. The fraction of sp³-hybridized carbons (Fsp3) is 0.600. The molecule has 0 amide bonds. The van der Waals surface area contributed by atoms with Gasteiger partial charge in [0.25, 0.3) is 0 Å². The van der Waals surface area contributed by atoms with Crippen molar-refractivity contribution in [1.29, 1.82) is 0 Å². The molecule has 0 saturated heterocycles. The number of allylic oxidation sites excluding steroid dienone is 2. The number of hydrogen-bond acceptors (Lipinski definition) is 0. The van der Waals surface area contributed by atoms with Crippen LogP contribution in [-0.4, -0.2) is 16.1 Å². The molecule has 0 spiro atoms. The molecule has 0 radical (unpaired) electrons. The van der Waals surface area contributed by atoms with Gasteiger partial charge in [0.1, 0.15) is 0 Å². The molecular formula is C10H20Br2Si2. The maximum atomic E-state index is 3.67. The summed E-state index contributed by atoms with van der Waals surface area (Å²) < 4.78 is 2.75. The molecule has 0 nitrogen and oxygen atoms in total. The lowest BCUT2D eigenvalue weighted by atomic mass is 10.6. The summed E-state index contributed by atoms with van der Waals surface area (Å²) in [6.45, 7) is 14.0. The largest absolute Gasteiger partial charge is 0.0865 e. The third kappa shape index (κ3) is 5.68. The molecule has 0 unspecified atom stereocenters. The molecule has 0 rings (SSSR count). The van der Waals surface area contributed by atoms with Gasteiger partial charge >= 0.3 is 0 Å². The Labute approximate surface area is 107 Å². The Morgan fingerprint density at radius 3 is 1.07 bits per heavy atom. The van der Waals surface area contributed by atoms with Crippen LogP contribution in [0.3, 0.4) is 0 Å². The van der Waals surface area contributed by atoms with Crippen molar-refractivity contribution in [1.82, 2.24) is 0 Å². The van der Waals surface area contributed by atoms with Crippen molar-refractivity contribution >= 4 is 48.0 Å². The summed E-state index contributed by atoms with van der Waals surface area (Å²) in [6.07, 6.45) is 4.43. The molecule has 0 aliphatic heterocycles. The SMILES string of the molecule is C[Si](C)(C)/C(Br)=C/C=C(\Br)[Si](C)(C)C. The van der Waals surface area contributed by atoms with Gasteiger partial charge in [-0.1, -0.05) is 83.3 Å². The van der Waals surface area contributed by atoms with E-state index < -0.39 is 16.1 Å². The van der Waals surface area contributed by atoms with E-state index in [9.17, 15) is 0 Å². The van der Waals surface area contributed by atoms with Gasteiger partial charge in [0.05, 0.1) is 16.1 Å². The monoisotopic (exact) mass is 354 g/mol. The zero-order valence-electron chi connectivity index (χ0n) is 9.91. The lowest BCUT2D eigenvalue weighted by Gasteiger charge is -2.16. The van der Waals surface area contributed by atoms with Crippen LogP contribution in [-0.2, 0) is 0 Å². The van der Waals surface area contributed by atoms with Crippen LogP contribution in [0.2, 0.25) is 39.3 Å². The number of halogens is 2. The standard InChI is InChI=1S/C10H20Br2Si2/c1-13(2,3)9(11)7-8-10(12)14(4,5)6/h7-8H,1-6H3/b9-7+,10-8+. The predicted molar refractivity (Wildman–Crippen MR) is 80.7 cm³/mol. The molecule has 14 heavy (non-hydrogen) atoms. The highest BCUT2D eigenvalue weighted by Gasteiger charge is 2.18. The molecule has 0 aliphatic carbocycles. The first-order valence-corrected chi connectivity index (χ1v) is 13.4. The zero-order chi connectivity index (χ0) is 11.6. The summed E-state index contributed by atoms with van der Waals surface area (Å²) in [5.74, 6) is 0. The maximum absolute atomic E-state index is 3.67. The van der Waals surface area contributed by atoms with Crippen LogP contribution in [0.25, 0.3) is 0 Å². The molecule has 0 aromatic rings. The van der Waals surface area contributed by atoms with Crippen LogP contribution in [0.15, 0.2) is 20.4 Å². The van der Waals surface area contributed by atoms with Crippen molar-refractivity contribution in [2.75, 3.05) is 0 Å². The van der Waals surface area contributed by atoms with E-state index in [0.29, 0.717) is 0 Å². The molecule has 82 valence electrons. The highest BCUT2D eigenvalue weighted by Crippen LogP contribution is 2.24. The van der Waals surface area contributed by atoms with Crippen LogP contribution in [0, 0.1) is 0 Å². The van der Waals surface area contributed by atoms with Crippen LogP contribution in [0.4, 0.5) is 0 Å². The normalized spacial score (nSPS) is 16.0. The Balaban J connectivity index is 4.73. The van der Waals surface area contributed by atoms with Crippen molar-refractivity contribution in [3.63, 3.8) is 0 Å². The highest BCUT2D eigenvalue weighted by atomic mass is 79.9. The Hall–Kier alpha value is 0.874. The van der Waals surface area contributed by atoms with E-state index in [1.165, 1.54) is 8.21 Å². The number of rotatable bonds is 3. The molecule has 0 bridgehead atoms. The van der Waals surface area contributed by atoms with Crippen molar-refractivity contribution in [3.05, 3.63) is 20.4 Å². The van der Waals surface area contributed by atoms with E-state index in [1.807, 2.05) is 0 Å². The van der Waals surface area contributed by atoms with Gasteiger partial charge in [0, 0.05) is 0 Å². The molecule has 0 aromatic carbocycles. The van der Waals surface area contributed by atoms with Gasteiger partial charge in [-0.15, -0.1) is 0 Å². The summed E-state index contributed by atoms with van der Waals surface area (Å²) in [5, 5.41) is 0. The number of hydrogen-bond donors (Lipinski definition) is 0. The minimum Gasteiger partial charge on any atom is -0.0651 e. The Morgan fingerprint density at radius 2 is 0.929 bits per heavy atom. The summed E-state index contributed by atoms with van der Waals surface area (Å²) in [7, 11) is -2.32. The third-order valence-electron chi connectivity index (χ3n) is 1.81. The fourth-order valence-corrected chi connectivity index (χ4v) is 2.08. The summed E-state index contributed by atoms with van der Waals surface area (Å²) in [5.41, 5.74) is 0. The quantitative estimate of drug-likeness (QED) is 0.476. The van der Waals surface area contributed by atoms with E-state index in [4.69, 9.17) is 0 Å². The topological polar surface area (TPSA) is 0 Å². The molecule has 0 aliphatic rings. The first-order valence-electron chi connectivity index (χ1n) is 4.79. The van der Waals surface area contributed by atoms with Crippen LogP contribution >= 0.6 is 31.9 Å². The summed E-state index contributed by atoms with van der Waals surface area (Å²) in [4.78, 5) is 0. The maximum Gasteiger partial charge on any atom is 0.0865 e. The van der Waals surface area contributed by atoms with E-state index >= 15 is 0 Å². The van der Waals surface area contributed by atoms with Crippen LogP contribution in [0.1, 0.15) is 0 Å². The molecule has 0 saturated carbocycles. The molecule has 0 aromatic heterocycles. The van der Waals surface area contributed by atoms with Crippen molar-refractivity contribution in [2.24, 2.45) is 0 Å². The predicted octanol–water partition coefficient (Wildman–Crippen LogP) is 5.30. The van der Waals surface area contributed by atoms with E-state index in [1.54, 1.807) is 0 Å². The van der Waals surface area contributed by atoms with Gasteiger partial charge in [0.15, 0.2) is 0 Å². The molecule has 0 fully saturated rings. The molecule has 0 atom stereocenters. The van der Waals surface area contributed by atoms with E-state index in [-0.39, 0.29) is 0 Å². The van der Waals surface area contributed by atoms with Crippen molar-refractivity contribution in [3.8, 4) is 0 Å². The fourth-order valence-electron chi connectivity index (χ4n) is 0.646. The van der Waals surface area contributed by atoms with Crippen LogP contribution < -0.4 is 0 Å². The van der Waals surface area contributed by atoms with E-state index in [0.717, 1.165) is 0 Å². The van der Waals surface area contributed by atoms with Gasteiger partial charge < -0.3 is 0 Å². The smallest absolute Gasteiger partial charge is 0.0651 e. The Morgan fingerprint density at radius 1 is 0.714 bits per heavy atom. The average Bonchev–Trinajstić information content (AvgIpc) is 1.95.